The largest absolute Gasteiger partial charge is 0.342 e. The van der Waals surface area contributed by atoms with Gasteiger partial charge in [0, 0.05) is 19.5 Å². The number of rotatable bonds is 3. The fourth-order valence-electron chi connectivity index (χ4n) is 2.72. The van der Waals surface area contributed by atoms with E-state index in [9.17, 15) is 4.79 Å². The van der Waals surface area contributed by atoms with Crippen LogP contribution in [0.4, 0.5) is 0 Å². The first-order valence-corrected chi connectivity index (χ1v) is 5.76. The van der Waals surface area contributed by atoms with Crippen LogP contribution in [0.3, 0.4) is 0 Å². The number of carbonyl (C=O) groups excluding carboxylic acids is 1. The number of piperidine rings is 1. The minimum atomic E-state index is 0.296. The Hall–Kier alpha value is -0.830. The summed E-state index contributed by atoms with van der Waals surface area (Å²) < 4.78 is 0. The molecule has 0 aromatic heterocycles. The second kappa shape index (κ2) is 3.97. The summed E-state index contributed by atoms with van der Waals surface area (Å²) >= 11 is 0. The Kier molecular flexibility index (Phi) is 2.83. The van der Waals surface area contributed by atoms with Crippen LogP contribution in [0, 0.1) is 11.3 Å². The van der Waals surface area contributed by atoms with Crippen LogP contribution in [-0.2, 0) is 4.79 Å². The van der Waals surface area contributed by atoms with Gasteiger partial charge in [-0.2, -0.15) is 0 Å². The topological polar surface area (TPSA) is 32.3 Å². The van der Waals surface area contributed by atoms with Crippen LogP contribution < -0.4 is 5.32 Å². The van der Waals surface area contributed by atoms with Crippen molar-refractivity contribution in [1.29, 1.82) is 0 Å². The van der Waals surface area contributed by atoms with Crippen molar-refractivity contribution in [3.8, 4) is 0 Å². The van der Waals surface area contributed by atoms with Crippen LogP contribution in [0.5, 0.6) is 0 Å². The summed E-state index contributed by atoms with van der Waals surface area (Å²) in [5, 5.41) is 3.35. The zero-order valence-corrected chi connectivity index (χ0v) is 9.46. The summed E-state index contributed by atoms with van der Waals surface area (Å²) in [6, 6.07) is 0. The summed E-state index contributed by atoms with van der Waals surface area (Å²) in [4.78, 5) is 13.8. The van der Waals surface area contributed by atoms with Crippen molar-refractivity contribution in [2.75, 3.05) is 26.7 Å². The van der Waals surface area contributed by atoms with E-state index < -0.39 is 0 Å². The first kappa shape index (κ1) is 10.7. The van der Waals surface area contributed by atoms with Gasteiger partial charge in [-0.3, -0.25) is 4.79 Å². The number of hydrogen-bond donors (Lipinski definition) is 1. The maximum Gasteiger partial charge on any atom is 0.226 e. The van der Waals surface area contributed by atoms with Crippen LogP contribution in [0.25, 0.3) is 0 Å². The molecule has 2 aliphatic rings. The van der Waals surface area contributed by atoms with Gasteiger partial charge in [0.05, 0.1) is 0 Å². The summed E-state index contributed by atoms with van der Waals surface area (Å²) in [5.41, 5.74) is 0.359. The van der Waals surface area contributed by atoms with Gasteiger partial charge in [-0.25, -0.2) is 0 Å². The maximum atomic E-state index is 12.0. The molecule has 0 aromatic rings. The fourth-order valence-corrected chi connectivity index (χ4v) is 2.72. The molecule has 0 aromatic carbocycles. The van der Waals surface area contributed by atoms with E-state index in [1.807, 2.05) is 7.05 Å². The van der Waals surface area contributed by atoms with Crippen LogP contribution >= 0.6 is 0 Å². The van der Waals surface area contributed by atoms with E-state index in [4.69, 9.17) is 0 Å². The van der Waals surface area contributed by atoms with E-state index >= 15 is 0 Å². The number of hydrogen-bond acceptors (Lipinski definition) is 2. The molecular weight excluding hydrogens is 188 g/mol. The molecule has 1 spiro atoms. The van der Waals surface area contributed by atoms with Gasteiger partial charge < -0.3 is 10.2 Å². The van der Waals surface area contributed by atoms with E-state index in [1.165, 1.54) is 12.8 Å². The predicted molar refractivity (Wildman–Crippen MR) is 60.5 cm³/mol. The lowest BCUT2D eigenvalue weighted by molar-refractivity contribution is -0.131. The normalized spacial score (nSPS) is 27.4. The van der Waals surface area contributed by atoms with E-state index in [2.05, 4.69) is 11.9 Å². The van der Waals surface area contributed by atoms with Crippen molar-refractivity contribution in [3.63, 3.8) is 0 Å². The molecule has 3 nitrogen and oxygen atoms in total. The van der Waals surface area contributed by atoms with Crippen molar-refractivity contribution < 1.29 is 4.79 Å². The zero-order valence-electron chi connectivity index (χ0n) is 9.46. The Morgan fingerprint density at radius 1 is 1.60 bits per heavy atom. The second-order valence-corrected chi connectivity index (χ2v) is 4.88. The average molecular weight is 208 g/mol. The standard InChI is InChI=1S/C12H20N2O/c1-3-8-14(2)11(15)10-9-12(10)4-6-13-7-5-12/h3,10,13H,1,4-9H2,2H3. The molecule has 1 saturated heterocycles. The Bertz CT molecular complexity index is 269. The van der Waals surface area contributed by atoms with Gasteiger partial charge >= 0.3 is 0 Å². The molecule has 0 radical (unpaired) electrons. The maximum absolute atomic E-state index is 12.0. The number of nitrogens with one attached hydrogen (secondary N) is 1. The smallest absolute Gasteiger partial charge is 0.226 e. The Morgan fingerprint density at radius 3 is 2.87 bits per heavy atom. The summed E-state index contributed by atoms with van der Waals surface area (Å²) in [7, 11) is 1.87. The Labute approximate surface area is 91.5 Å². The van der Waals surface area contributed by atoms with Crippen molar-refractivity contribution in [2.45, 2.75) is 19.3 Å². The lowest BCUT2D eigenvalue weighted by Gasteiger charge is -2.24. The molecule has 84 valence electrons. The monoisotopic (exact) mass is 208 g/mol. The Morgan fingerprint density at radius 2 is 2.27 bits per heavy atom. The molecular formula is C12H20N2O. The molecule has 1 atom stereocenters. The first-order valence-electron chi connectivity index (χ1n) is 5.76. The van der Waals surface area contributed by atoms with Crippen molar-refractivity contribution in [2.24, 2.45) is 11.3 Å². The van der Waals surface area contributed by atoms with Crippen molar-refractivity contribution in [3.05, 3.63) is 12.7 Å². The van der Waals surface area contributed by atoms with E-state index in [-0.39, 0.29) is 0 Å². The van der Waals surface area contributed by atoms with Gasteiger partial charge in [0.1, 0.15) is 0 Å². The fraction of sp³-hybridized carbons (Fsp3) is 0.750. The molecule has 1 unspecified atom stereocenters. The van der Waals surface area contributed by atoms with Crippen LogP contribution in [0.2, 0.25) is 0 Å². The van der Waals surface area contributed by atoms with Gasteiger partial charge in [-0.15, -0.1) is 6.58 Å². The lowest BCUT2D eigenvalue weighted by Crippen LogP contribution is -2.34. The number of carbonyl (C=O) groups is 1. The Balaban J connectivity index is 1.91. The molecule has 2 fully saturated rings. The molecule has 0 bridgehead atoms. The zero-order chi connectivity index (χ0) is 10.9. The number of nitrogens with zero attached hydrogens (tertiary/aromatic N) is 1. The third-order valence-electron chi connectivity index (χ3n) is 3.87. The van der Waals surface area contributed by atoms with Gasteiger partial charge in [-0.1, -0.05) is 6.08 Å². The van der Waals surface area contributed by atoms with Crippen LogP contribution in [-0.4, -0.2) is 37.5 Å². The van der Waals surface area contributed by atoms with Crippen molar-refractivity contribution >= 4 is 5.91 Å². The quantitative estimate of drug-likeness (QED) is 0.702. The van der Waals surface area contributed by atoms with Gasteiger partial charge in [0.25, 0.3) is 0 Å². The SMILES string of the molecule is C=CCN(C)C(=O)C1CC12CCNCC2. The minimum absolute atomic E-state index is 0.296. The summed E-state index contributed by atoms with van der Waals surface area (Å²) in [6.07, 6.45) is 5.24. The molecule has 2 rings (SSSR count). The molecule has 1 aliphatic carbocycles. The average Bonchev–Trinajstić information content (AvgIpc) is 2.92. The van der Waals surface area contributed by atoms with E-state index in [0.717, 1.165) is 19.5 Å². The van der Waals surface area contributed by atoms with Gasteiger partial charge in [0.2, 0.25) is 5.91 Å². The van der Waals surface area contributed by atoms with Crippen molar-refractivity contribution in [1.82, 2.24) is 10.2 Å². The van der Waals surface area contributed by atoms with Gasteiger partial charge in [0.15, 0.2) is 0 Å². The molecule has 1 amide bonds. The molecule has 3 heteroatoms. The summed E-state index contributed by atoms with van der Waals surface area (Å²) in [5.74, 6) is 0.612. The molecule has 1 N–H and O–H groups in total. The molecule has 1 aliphatic heterocycles. The van der Waals surface area contributed by atoms with Crippen LogP contribution in [0.1, 0.15) is 19.3 Å². The molecule has 1 saturated carbocycles. The highest BCUT2D eigenvalue weighted by molar-refractivity contribution is 5.82. The van der Waals surface area contributed by atoms with E-state index in [1.54, 1.807) is 11.0 Å². The molecule has 15 heavy (non-hydrogen) atoms. The van der Waals surface area contributed by atoms with Crippen LogP contribution in [0.15, 0.2) is 12.7 Å². The number of likely N-dealkylation sites (N-methyl/N-ethyl adjacent to an activating group) is 1. The highest BCUT2D eigenvalue weighted by Crippen LogP contribution is 2.59. The first-order chi connectivity index (χ1) is 7.19. The second-order valence-electron chi connectivity index (χ2n) is 4.88. The van der Waals surface area contributed by atoms with E-state index in [0.29, 0.717) is 23.8 Å². The number of amides is 1. The highest BCUT2D eigenvalue weighted by Gasteiger charge is 2.58. The third-order valence-corrected chi connectivity index (χ3v) is 3.87. The minimum Gasteiger partial charge on any atom is -0.342 e. The highest BCUT2D eigenvalue weighted by atomic mass is 16.2. The lowest BCUT2D eigenvalue weighted by atomic mass is 9.91. The third kappa shape index (κ3) is 1.93. The van der Waals surface area contributed by atoms with Gasteiger partial charge in [-0.05, 0) is 37.8 Å². The molecule has 1 heterocycles. The summed E-state index contributed by atoms with van der Waals surface area (Å²) in [6.45, 7) is 6.49. The predicted octanol–water partition coefficient (Wildman–Crippen LogP) is 1.02.